The molecular weight excluding hydrogens is 2080 g/mol. The van der Waals surface area contributed by atoms with Gasteiger partial charge in [0.05, 0.1) is 116 Å². The molecule has 0 aliphatic carbocycles. The number of esters is 3. The van der Waals surface area contributed by atoms with Gasteiger partial charge in [-0.15, -0.1) is 24.0 Å². The molecule has 0 amide bonds. The molecule has 143 heavy (non-hydrogen) atoms. The summed E-state index contributed by atoms with van der Waals surface area (Å²) in [5, 5.41) is 7.43. The summed E-state index contributed by atoms with van der Waals surface area (Å²) in [7, 11) is -8.41. The van der Waals surface area contributed by atoms with Gasteiger partial charge < -0.3 is 66.5 Å². The second-order valence-electron chi connectivity index (χ2n) is 46.5. The third-order valence-corrected chi connectivity index (χ3v) is 44.4. The van der Waals surface area contributed by atoms with Gasteiger partial charge in [0, 0.05) is 70.5 Å². The summed E-state index contributed by atoms with van der Waals surface area (Å²) in [5.74, 6) is 0.0285. The molecule has 6 aliphatic rings. The number of carbonyl (C=O) groups excluding carboxylic acids is 6. The van der Waals surface area contributed by atoms with Crippen LogP contribution >= 0.6 is 39.9 Å². The number of hydrogen-bond donors (Lipinski definition) is 1. The fourth-order valence-corrected chi connectivity index (χ4v) is 34.9. The first-order chi connectivity index (χ1) is 65.3. The quantitative estimate of drug-likeness (QED) is 0.00720. The third-order valence-electron chi connectivity index (χ3n) is 28.6. The van der Waals surface area contributed by atoms with Crippen molar-refractivity contribution < 1.29 is 109 Å². The number of carbonyl (C=O) groups is 6. The number of nitrogens with zero attached hydrogens (tertiary/aromatic N) is 1. The summed E-state index contributed by atoms with van der Waals surface area (Å²) in [6.45, 7) is 58.3. The fourth-order valence-electron chi connectivity index (χ4n) is 21.0. The van der Waals surface area contributed by atoms with E-state index in [0.717, 1.165) is 89.9 Å². The van der Waals surface area contributed by atoms with E-state index in [9.17, 15) is 28.8 Å². The molecule has 2 N–H and O–H groups in total. The number of fused-ring (bicyclic) bond motifs is 3. The molecule has 0 spiro atoms. The number of halogens is 3. The number of hydrogen-bond acceptors (Lipinski definition) is 19. The third kappa shape index (κ3) is 34.1. The van der Waals surface area contributed by atoms with E-state index in [0.29, 0.717) is 77.1 Å². The van der Waals surface area contributed by atoms with E-state index in [2.05, 4.69) is 272 Å². The van der Waals surface area contributed by atoms with Crippen molar-refractivity contribution in [2.24, 2.45) is 33.8 Å². The molecule has 792 valence electrons. The van der Waals surface area contributed by atoms with Crippen LogP contribution in [0.3, 0.4) is 0 Å². The molecule has 0 radical (unpaired) electrons. The first-order valence-corrected chi connectivity index (χ1v) is 58.1. The largest absolute Gasteiger partial charge is 0.465 e. The Balaban J connectivity index is 0.000000364. The van der Waals surface area contributed by atoms with Crippen molar-refractivity contribution in [1.82, 2.24) is 0 Å². The summed E-state index contributed by atoms with van der Waals surface area (Å²) in [6, 6.07) is 64.0. The Hall–Kier alpha value is -5.76. The van der Waals surface area contributed by atoms with Gasteiger partial charge in [0.2, 0.25) is 6.04 Å². The number of nitrogens with two attached hydrogens (primary N) is 1. The second-order valence-corrected chi connectivity index (χ2v) is 60.0. The summed E-state index contributed by atoms with van der Waals surface area (Å²) in [6.07, 6.45) is 14.2. The van der Waals surface area contributed by atoms with E-state index in [1.807, 2.05) is 76.2 Å². The Morgan fingerprint density at radius 3 is 0.874 bits per heavy atom. The van der Waals surface area contributed by atoms with Crippen LogP contribution < -0.4 is 36.9 Å². The maximum absolute atomic E-state index is 12.3. The molecule has 6 heterocycles. The number of ketones is 3. The van der Waals surface area contributed by atoms with Gasteiger partial charge in [0.25, 0.3) is 25.0 Å². The number of benzene rings is 6. The first-order valence-electron chi connectivity index (χ1n) is 51.3. The van der Waals surface area contributed by atoms with E-state index in [1.54, 1.807) is 13.8 Å². The number of Topliss-reactive ketones (excluding diaryl/α,β-unsaturated/α-hetero) is 3. The van der Waals surface area contributed by atoms with E-state index in [-0.39, 0.29) is 185 Å². The Bertz CT molecular complexity index is 4760. The van der Waals surface area contributed by atoms with Crippen molar-refractivity contribution >= 4 is 131 Å². The van der Waals surface area contributed by atoms with E-state index >= 15 is 0 Å². The van der Waals surface area contributed by atoms with Gasteiger partial charge in [-0.3, -0.25) is 33.5 Å². The molecule has 12 rings (SSSR count). The summed E-state index contributed by atoms with van der Waals surface area (Å²) >= 11 is 2.96. The van der Waals surface area contributed by atoms with Crippen molar-refractivity contribution in [3.05, 3.63) is 193 Å². The van der Waals surface area contributed by atoms with Gasteiger partial charge in [0.1, 0.15) is 34.2 Å². The Labute approximate surface area is 899 Å². The van der Waals surface area contributed by atoms with Crippen molar-refractivity contribution in [3.63, 3.8) is 0 Å². The number of rotatable bonds is 38. The van der Waals surface area contributed by atoms with Crippen molar-refractivity contribution in [2.45, 2.75) is 395 Å². The van der Waals surface area contributed by atoms with Crippen LogP contribution in [0.5, 0.6) is 0 Å². The monoisotopic (exact) mass is 2260 g/mol. The zero-order valence-electron chi connectivity index (χ0n) is 90.0. The van der Waals surface area contributed by atoms with Crippen molar-refractivity contribution in [1.29, 1.82) is 0 Å². The average Bonchev–Trinajstić information content (AvgIpc) is 0.942. The van der Waals surface area contributed by atoms with Crippen LogP contribution in [0.25, 0.3) is 4.85 Å². The van der Waals surface area contributed by atoms with Crippen LogP contribution in [0.2, 0.25) is 15.1 Å². The zero-order valence-corrected chi connectivity index (χ0v) is 99.9. The van der Waals surface area contributed by atoms with Gasteiger partial charge in [-0.1, -0.05) is 282 Å². The predicted octanol–water partition coefficient (Wildman–Crippen LogP) is 22.0. The van der Waals surface area contributed by atoms with E-state index in [4.69, 9.17) is 68.2 Å². The van der Waals surface area contributed by atoms with Crippen LogP contribution in [0.15, 0.2) is 182 Å². The SMILES string of the molecule is C.CC(=O)CBr.CC(=O)CC(N)[C@H](C)C[C@H]1CC[C@@H]2O[C@@H](CCCOC(=O)C(C)(C)C)C[C@]2(CO[Si](c2ccccc2)(c2ccccc2)C(C)(C)C)O1.CC(=O)[C@H](C)C[C@H]1CC[C@@H]2O[C@@H](CCCOC(=O)C(C)(C)C)C[C@]2(CO[Si](c2ccccc2)(c2ccccc2)C(C)(C)C)O1.F.I.[C-]#[N+][C@H](C)C[C@H]1CC[C@@H]2O[C@@H](CCCOC(=O)C(C)(C)C)C[C@]2(CO[Si](c2ccccc2)(c2ccccc2)C(C)(C)C)O1.[Zn]. The molecule has 6 saturated heterocycles. The molecule has 6 fully saturated rings. The molecule has 0 bridgehead atoms. The van der Waals surface area contributed by atoms with Gasteiger partial charge >= 0.3 is 17.9 Å². The fraction of sp³-hybridized carbons (Fsp3) is 0.629. The zero-order chi connectivity index (χ0) is 102. The Kier molecular flexibility index (Phi) is 50.3. The van der Waals surface area contributed by atoms with Gasteiger partial charge in [-0.2, -0.15) is 0 Å². The molecule has 0 aromatic heterocycles. The topological polar surface area (TPSA) is 244 Å². The minimum Gasteiger partial charge on any atom is -0.465 e. The van der Waals surface area contributed by atoms with Crippen LogP contribution in [0.1, 0.15) is 296 Å². The van der Waals surface area contributed by atoms with E-state index in [1.165, 1.54) is 38.0 Å². The van der Waals surface area contributed by atoms with Gasteiger partial charge in [-0.05, 0) is 225 Å². The Morgan fingerprint density at radius 1 is 0.413 bits per heavy atom. The molecule has 1 unspecified atom stereocenters. The van der Waals surface area contributed by atoms with Crippen LogP contribution in [-0.4, -0.2) is 189 Å². The summed E-state index contributed by atoms with van der Waals surface area (Å²) < 4.78 is 80.4. The summed E-state index contributed by atoms with van der Waals surface area (Å²) in [4.78, 5) is 74.4. The van der Waals surface area contributed by atoms with Crippen LogP contribution in [0.4, 0.5) is 4.70 Å². The second kappa shape index (κ2) is 56.4. The van der Waals surface area contributed by atoms with Gasteiger partial charge in [0.15, 0.2) is 0 Å². The normalized spacial score (nSPS) is 23.6. The number of alkyl halides is 1. The molecule has 16 atom stereocenters. The predicted molar refractivity (Wildman–Crippen MR) is 591 cm³/mol. The molecule has 0 saturated carbocycles. The van der Waals surface area contributed by atoms with Gasteiger partial charge in [-0.25, -0.2) is 6.57 Å². The maximum atomic E-state index is 12.3. The summed E-state index contributed by atoms with van der Waals surface area (Å²) in [5.41, 5.74) is 3.09. The number of ether oxygens (including phenoxy) is 9. The molecule has 6 aromatic rings. The van der Waals surface area contributed by atoms with Crippen molar-refractivity contribution in [2.75, 3.05) is 45.0 Å². The molecule has 27 heteroatoms. The first kappa shape index (κ1) is 128. The van der Waals surface area contributed by atoms with Crippen LogP contribution in [-0.2, 0) is 104 Å². The minimum absolute atomic E-state index is 0. The van der Waals surface area contributed by atoms with Crippen LogP contribution in [0, 0.1) is 34.7 Å². The molecule has 6 aromatic carbocycles. The van der Waals surface area contributed by atoms with E-state index < -0.39 is 58.0 Å². The Morgan fingerprint density at radius 2 is 0.657 bits per heavy atom. The molecule has 6 aliphatic heterocycles. The maximum Gasteiger partial charge on any atom is 0.311 e. The smallest absolute Gasteiger partial charge is 0.311 e. The minimum atomic E-state index is -2.82. The van der Waals surface area contributed by atoms with Crippen molar-refractivity contribution in [3.8, 4) is 0 Å². The average molecular weight is 2260 g/mol. The molecular formula is C116H175BrFIN2O18Si3Zn. The standard InChI is InChI=1S/C39H59NO6Si.C37H54O6Si.C36H51NO5Si.C3H5BrO.CH4.FH.HI.Zn/c1-28(34(40)25-29(2)41)24-30-21-22-35-39(46-30,26-31(45-35)16-15-23-43-36(42)37(3,4)5)27-44-47(38(6,7)8,32-17-11-9-12-18-32)33-19-13-10-14-20-33;1-27(28(2)38)24-29-21-22-33-37(43-29,25-30(42-33)16-15-23-40-34(39)35(3,4)5)26-41-44(36(6,7)8,31-17-11-9-12-18-31)32-19-13-10-14-20-32;1-27(37-8)24-28-21-22-32-36(42-28,25-29(41-32)16-15-23-39-33(38)34(2,3)4)26-40-43(35(5,6)7,30-17-11-9-12-18-30)31-19-13-10-14-20-31;1-3(5)2-4;;;;/h9-14,17-20,28,30-31,34-35H,15-16,21-27,40H2,1-8H3;9-14,17-20,27,29-30,33H,15-16,21-26H2,1-8H3;9-14,17-20,27-29,32H,15-16,21-26H2,1-7H3;2H2,1H3;1H4;2*1H;/t28-,30-,31+,34?,35+,39-;27-,29-,30+,33+,37-;27-,28-,29+,32+,36-;;;;;/m111...../s1. The molecule has 20 nitrogen and oxygen atoms in total.